The SMILES string of the molecule is CSc1nc(Nc2cc(C)[nH]n2)c(C)c(N(C)C(C)C)n1. The Bertz CT molecular complexity index is 622. The monoisotopic (exact) mass is 306 g/mol. The van der Waals surface area contributed by atoms with Crippen molar-refractivity contribution in [1.82, 2.24) is 20.2 Å². The maximum absolute atomic E-state index is 4.63. The zero-order chi connectivity index (χ0) is 15.6. The molecule has 0 radical (unpaired) electrons. The smallest absolute Gasteiger partial charge is 0.191 e. The van der Waals surface area contributed by atoms with Gasteiger partial charge in [0.15, 0.2) is 11.0 Å². The number of thioether (sulfide) groups is 1. The van der Waals surface area contributed by atoms with Gasteiger partial charge in [-0.3, -0.25) is 5.10 Å². The van der Waals surface area contributed by atoms with Crippen LogP contribution in [-0.2, 0) is 0 Å². The molecule has 7 heteroatoms. The maximum Gasteiger partial charge on any atom is 0.191 e. The minimum absolute atomic E-state index is 0.369. The minimum Gasteiger partial charge on any atom is -0.357 e. The number of hydrogen-bond donors (Lipinski definition) is 2. The highest BCUT2D eigenvalue weighted by Gasteiger charge is 2.16. The fourth-order valence-electron chi connectivity index (χ4n) is 1.89. The van der Waals surface area contributed by atoms with Gasteiger partial charge in [0.25, 0.3) is 0 Å². The van der Waals surface area contributed by atoms with E-state index in [4.69, 9.17) is 0 Å². The molecule has 0 amide bonds. The van der Waals surface area contributed by atoms with E-state index in [0.29, 0.717) is 6.04 Å². The van der Waals surface area contributed by atoms with E-state index < -0.39 is 0 Å². The molecular formula is C14H22N6S. The van der Waals surface area contributed by atoms with Crippen LogP contribution in [-0.4, -0.2) is 39.5 Å². The number of aromatic amines is 1. The maximum atomic E-state index is 4.63. The highest BCUT2D eigenvalue weighted by atomic mass is 32.2. The van der Waals surface area contributed by atoms with E-state index in [1.807, 2.05) is 33.2 Å². The molecule has 21 heavy (non-hydrogen) atoms. The molecule has 0 atom stereocenters. The predicted octanol–water partition coefficient (Wildman–Crippen LogP) is 3.13. The van der Waals surface area contributed by atoms with Crippen LogP contribution in [0.4, 0.5) is 17.5 Å². The van der Waals surface area contributed by atoms with Gasteiger partial charge in [0, 0.05) is 30.4 Å². The van der Waals surface area contributed by atoms with E-state index in [2.05, 4.69) is 44.2 Å². The van der Waals surface area contributed by atoms with Crippen LogP contribution in [0.1, 0.15) is 25.1 Å². The number of rotatable bonds is 5. The van der Waals surface area contributed by atoms with Crippen LogP contribution in [0.15, 0.2) is 11.2 Å². The van der Waals surface area contributed by atoms with Gasteiger partial charge in [-0.05, 0) is 34.0 Å². The fraction of sp³-hybridized carbons (Fsp3) is 0.500. The van der Waals surface area contributed by atoms with Crippen LogP contribution in [0, 0.1) is 13.8 Å². The lowest BCUT2D eigenvalue weighted by atomic mass is 10.2. The lowest BCUT2D eigenvalue weighted by Crippen LogP contribution is -2.28. The Morgan fingerprint density at radius 1 is 1.29 bits per heavy atom. The summed E-state index contributed by atoms with van der Waals surface area (Å²) in [5, 5.41) is 11.1. The number of H-pyrrole nitrogens is 1. The van der Waals surface area contributed by atoms with E-state index in [0.717, 1.165) is 33.9 Å². The second kappa shape index (κ2) is 6.34. The Kier molecular flexibility index (Phi) is 4.72. The van der Waals surface area contributed by atoms with Crippen LogP contribution < -0.4 is 10.2 Å². The van der Waals surface area contributed by atoms with Crippen molar-refractivity contribution < 1.29 is 0 Å². The van der Waals surface area contributed by atoms with Crippen molar-refractivity contribution in [2.45, 2.75) is 38.9 Å². The van der Waals surface area contributed by atoms with Crippen LogP contribution >= 0.6 is 11.8 Å². The molecule has 2 heterocycles. The molecule has 0 aliphatic rings. The number of aryl methyl sites for hydroxylation is 1. The van der Waals surface area contributed by atoms with E-state index in [-0.39, 0.29) is 0 Å². The molecule has 0 saturated heterocycles. The first-order valence-corrected chi connectivity index (χ1v) is 8.09. The van der Waals surface area contributed by atoms with Crippen molar-refractivity contribution in [2.24, 2.45) is 0 Å². The summed E-state index contributed by atoms with van der Waals surface area (Å²) in [6.45, 7) is 8.28. The Labute approximate surface area is 129 Å². The molecule has 2 aromatic heterocycles. The second-order valence-electron chi connectivity index (χ2n) is 5.27. The van der Waals surface area contributed by atoms with Gasteiger partial charge in [-0.25, -0.2) is 9.97 Å². The summed E-state index contributed by atoms with van der Waals surface area (Å²) in [5.74, 6) is 2.50. The first kappa shape index (κ1) is 15.6. The van der Waals surface area contributed by atoms with Gasteiger partial charge in [0.05, 0.1) is 0 Å². The average molecular weight is 306 g/mol. The van der Waals surface area contributed by atoms with Crippen molar-refractivity contribution in [1.29, 1.82) is 0 Å². The predicted molar refractivity (Wildman–Crippen MR) is 88.7 cm³/mol. The Morgan fingerprint density at radius 3 is 2.52 bits per heavy atom. The first-order valence-electron chi connectivity index (χ1n) is 6.87. The van der Waals surface area contributed by atoms with Crippen LogP contribution in [0.25, 0.3) is 0 Å². The van der Waals surface area contributed by atoms with Gasteiger partial charge in [0.1, 0.15) is 11.6 Å². The molecule has 0 fully saturated rings. The highest BCUT2D eigenvalue weighted by Crippen LogP contribution is 2.28. The third-order valence-corrected chi connectivity index (χ3v) is 3.89. The molecular weight excluding hydrogens is 284 g/mol. The molecule has 2 aromatic rings. The Hall–Kier alpha value is -1.76. The summed E-state index contributed by atoms with van der Waals surface area (Å²) in [5.41, 5.74) is 2.03. The molecule has 114 valence electrons. The van der Waals surface area contributed by atoms with Crippen molar-refractivity contribution in [3.63, 3.8) is 0 Å². The van der Waals surface area contributed by atoms with Gasteiger partial charge in [-0.15, -0.1) is 0 Å². The molecule has 2 N–H and O–H groups in total. The quantitative estimate of drug-likeness (QED) is 0.653. The lowest BCUT2D eigenvalue weighted by molar-refractivity contribution is 0.729. The molecule has 0 aliphatic heterocycles. The highest BCUT2D eigenvalue weighted by molar-refractivity contribution is 7.98. The summed E-state index contributed by atoms with van der Waals surface area (Å²) in [6, 6.07) is 2.32. The number of aromatic nitrogens is 4. The average Bonchev–Trinajstić information content (AvgIpc) is 2.85. The topological polar surface area (TPSA) is 69.7 Å². The summed E-state index contributed by atoms with van der Waals surface area (Å²) >= 11 is 1.53. The zero-order valence-electron chi connectivity index (χ0n) is 13.4. The largest absolute Gasteiger partial charge is 0.357 e. The molecule has 0 spiro atoms. The van der Waals surface area contributed by atoms with Crippen LogP contribution in [0.5, 0.6) is 0 Å². The number of hydrogen-bond acceptors (Lipinski definition) is 6. The third kappa shape index (κ3) is 3.47. The molecule has 0 saturated carbocycles. The molecule has 6 nitrogen and oxygen atoms in total. The Balaban J connectivity index is 2.42. The van der Waals surface area contributed by atoms with Gasteiger partial charge >= 0.3 is 0 Å². The van der Waals surface area contributed by atoms with Gasteiger partial charge < -0.3 is 10.2 Å². The van der Waals surface area contributed by atoms with E-state index in [1.165, 1.54) is 11.8 Å². The van der Waals surface area contributed by atoms with Gasteiger partial charge in [0.2, 0.25) is 0 Å². The van der Waals surface area contributed by atoms with E-state index in [9.17, 15) is 0 Å². The number of nitrogens with one attached hydrogen (secondary N) is 2. The molecule has 2 rings (SSSR count). The molecule has 0 aromatic carbocycles. The number of nitrogens with zero attached hydrogens (tertiary/aromatic N) is 4. The molecule has 0 aliphatic carbocycles. The van der Waals surface area contributed by atoms with Crippen molar-refractivity contribution in [3.8, 4) is 0 Å². The summed E-state index contributed by atoms with van der Waals surface area (Å²) in [6.07, 6.45) is 1.98. The zero-order valence-corrected chi connectivity index (χ0v) is 14.2. The second-order valence-corrected chi connectivity index (χ2v) is 6.05. The third-order valence-electron chi connectivity index (χ3n) is 3.34. The van der Waals surface area contributed by atoms with E-state index in [1.54, 1.807) is 0 Å². The van der Waals surface area contributed by atoms with Crippen molar-refractivity contribution in [3.05, 3.63) is 17.3 Å². The van der Waals surface area contributed by atoms with Gasteiger partial charge in [-0.1, -0.05) is 11.8 Å². The normalized spacial score (nSPS) is 11.0. The van der Waals surface area contributed by atoms with E-state index >= 15 is 0 Å². The Morgan fingerprint density at radius 2 is 2.00 bits per heavy atom. The summed E-state index contributed by atoms with van der Waals surface area (Å²) < 4.78 is 0. The van der Waals surface area contributed by atoms with Crippen LogP contribution in [0.3, 0.4) is 0 Å². The number of anilines is 3. The molecule has 0 unspecified atom stereocenters. The van der Waals surface area contributed by atoms with Crippen LogP contribution in [0.2, 0.25) is 0 Å². The minimum atomic E-state index is 0.369. The van der Waals surface area contributed by atoms with Gasteiger partial charge in [-0.2, -0.15) is 5.10 Å². The summed E-state index contributed by atoms with van der Waals surface area (Å²) in [4.78, 5) is 11.3. The van der Waals surface area contributed by atoms with Crippen molar-refractivity contribution >= 4 is 29.2 Å². The van der Waals surface area contributed by atoms with Crippen molar-refractivity contribution in [2.75, 3.05) is 23.5 Å². The summed E-state index contributed by atoms with van der Waals surface area (Å²) in [7, 11) is 2.05. The standard InChI is InChI=1S/C14H22N6S/c1-8(2)20(5)13-10(4)12(16-14(17-13)21-6)15-11-7-9(3)18-19-11/h7-8H,1-6H3,(H2,15,16,17,18,19). The molecule has 0 bridgehead atoms. The fourth-order valence-corrected chi connectivity index (χ4v) is 2.25. The lowest BCUT2D eigenvalue weighted by Gasteiger charge is -2.25. The first-order chi connectivity index (χ1) is 9.92.